The van der Waals surface area contributed by atoms with Crippen LogP contribution in [0.25, 0.3) is 0 Å². The molecule has 0 aliphatic carbocycles. The molecule has 0 saturated heterocycles. The lowest BCUT2D eigenvalue weighted by molar-refractivity contribution is 0.281. The van der Waals surface area contributed by atoms with Gasteiger partial charge in [-0.3, -0.25) is 0 Å². The summed E-state index contributed by atoms with van der Waals surface area (Å²) in [5.74, 6) is 0. The van der Waals surface area contributed by atoms with Crippen LogP contribution in [0.1, 0.15) is 22.3 Å². The Hall–Kier alpha value is -1.64. The molecule has 0 bridgehead atoms. The number of rotatable bonds is 5. The van der Waals surface area contributed by atoms with Crippen LogP contribution in [0.5, 0.6) is 0 Å². The molecule has 0 heterocycles. The number of aliphatic hydroxyl groups excluding tert-OH is 1. The van der Waals surface area contributed by atoms with Crippen molar-refractivity contribution < 1.29 is 5.11 Å². The highest BCUT2D eigenvalue weighted by Gasteiger charge is 1.98. The number of aliphatic hydroxyl groups is 1. The van der Waals surface area contributed by atoms with Gasteiger partial charge in [-0.15, -0.1) is 0 Å². The number of benzene rings is 2. The Morgan fingerprint density at radius 3 is 2.50 bits per heavy atom. The molecule has 2 aromatic rings. The fraction of sp³-hybridized carbons (Fsp3) is 0.250. The standard InChI is InChI=1S/C16H19NO/c1-13-5-2-3-8-16(13)11-17-10-14-6-4-7-15(9-14)12-18/h2-9,17-18H,10-12H2,1H3. The van der Waals surface area contributed by atoms with Gasteiger partial charge in [0.25, 0.3) is 0 Å². The van der Waals surface area contributed by atoms with Crippen molar-refractivity contribution in [1.82, 2.24) is 5.32 Å². The van der Waals surface area contributed by atoms with Crippen LogP contribution in [0.4, 0.5) is 0 Å². The molecule has 0 saturated carbocycles. The highest BCUT2D eigenvalue weighted by Crippen LogP contribution is 2.08. The van der Waals surface area contributed by atoms with Crippen molar-refractivity contribution in [3.63, 3.8) is 0 Å². The Morgan fingerprint density at radius 2 is 1.72 bits per heavy atom. The molecule has 0 unspecified atom stereocenters. The first-order valence-corrected chi connectivity index (χ1v) is 6.23. The molecule has 2 heteroatoms. The normalized spacial score (nSPS) is 10.6. The zero-order valence-corrected chi connectivity index (χ0v) is 10.7. The van der Waals surface area contributed by atoms with Gasteiger partial charge < -0.3 is 10.4 Å². The summed E-state index contributed by atoms with van der Waals surface area (Å²) in [4.78, 5) is 0. The van der Waals surface area contributed by atoms with Crippen molar-refractivity contribution in [2.24, 2.45) is 0 Å². The Bertz CT molecular complexity index is 508. The summed E-state index contributed by atoms with van der Waals surface area (Å²) >= 11 is 0. The second kappa shape index (κ2) is 6.34. The van der Waals surface area contributed by atoms with Crippen LogP contribution >= 0.6 is 0 Å². The number of aryl methyl sites for hydroxylation is 1. The SMILES string of the molecule is Cc1ccccc1CNCc1cccc(CO)c1. The molecular formula is C16H19NO. The number of nitrogens with one attached hydrogen (secondary N) is 1. The summed E-state index contributed by atoms with van der Waals surface area (Å²) in [5.41, 5.74) is 4.81. The molecule has 0 fully saturated rings. The van der Waals surface area contributed by atoms with Gasteiger partial charge in [0.15, 0.2) is 0 Å². The van der Waals surface area contributed by atoms with Gasteiger partial charge in [0.1, 0.15) is 0 Å². The Kier molecular flexibility index (Phi) is 4.51. The van der Waals surface area contributed by atoms with Crippen molar-refractivity contribution in [1.29, 1.82) is 0 Å². The van der Waals surface area contributed by atoms with Gasteiger partial charge in [0.2, 0.25) is 0 Å². The van der Waals surface area contributed by atoms with Crippen LogP contribution in [0.3, 0.4) is 0 Å². The van der Waals surface area contributed by atoms with E-state index in [9.17, 15) is 0 Å². The van der Waals surface area contributed by atoms with E-state index in [-0.39, 0.29) is 6.61 Å². The van der Waals surface area contributed by atoms with Gasteiger partial charge in [0.05, 0.1) is 6.61 Å². The molecular weight excluding hydrogens is 222 g/mol. The van der Waals surface area contributed by atoms with Gasteiger partial charge in [0, 0.05) is 13.1 Å². The molecule has 0 aliphatic heterocycles. The van der Waals surface area contributed by atoms with E-state index in [2.05, 4.69) is 42.6 Å². The van der Waals surface area contributed by atoms with E-state index in [1.165, 1.54) is 16.7 Å². The molecule has 0 spiro atoms. The lowest BCUT2D eigenvalue weighted by Gasteiger charge is -2.08. The number of hydrogen-bond donors (Lipinski definition) is 2. The van der Waals surface area contributed by atoms with Crippen molar-refractivity contribution >= 4 is 0 Å². The predicted molar refractivity (Wildman–Crippen MR) is 74.1 cm³/mol. The largest absolute Gasteiger partial charge is 0.392 e. The van der Waals surface area contributed by atoms with Crippen LogP contribution in [0, 0.1) is 6.92 Å². The molecule has 2 aromatic carbocycles. The third-order valence-corrected chi connectivity index (χ3v) is 3.08. The Balaban J connectivity index is 1.90. The predicted octanol–water partition coefficient (Wildman–Crippen LogP) is 2.78. The monoisotopic (exact) mass is 241 g/mol. The topological polar surface area (TPSA) is 32.3 Å². The van der Waals surface area contributed by atoms with Crippen LogP contribution in [0.15, 0.2) is 48.5 Å². The van der Waals surface area contributed by atoms with Gasteiger partial charge in [-0.2, -0.15) is 0 Å². The maximum absolute atomic E-state index is 9.08. The van der Waals surface area contributed by atoms with E-state index < -0.39 is 0 Å². The number of hydrogen-bond acceptors (Lipinski definition) is 2. The molecule has 0 aliphatic rings. The maximum atomic E-state index is 9.08. The average molecular weight is 241 g/mol. The summed E-state index contributed by atoms with van der Waals surface area (Å²) in [7, 11) is 0. The Labute approximate surface area is 108 Å². The molecule has 0 aromatic heterocycles. The summed E-state index contributed by atoms with van der Waals surface area (Å²) in [6, 6.07) is 16.4. The summed E-state index contributed by atoms with van der Waals surface area (Å²) in [5, 5.41) is 12.5. The highest BCUT2D eigenvalue weighted by atomic mass is 16.3. The Morgan fingerprint density at radius 1 is 0.944 bits per heavy atom. The summed E-state index contributed by atoms with van der Waals surface area (Å²) in [6.07, 6.45) is 0. The molecule has 2 nitrogen and oxygen atoms in total. The van der Waals surface area contributed by atoms with E-state index in [4.69, 9.17) is 5.11 Å². The van der Waals surface area contributed by atoms with Crippen LogP contribution < -0.4 is 5.32 Å². The zero-order valence-electron chi connectivity index (χ0n) is 10.7. The first kappa shape index (κ1) is 12.8. The first-order chi connectivity index (χ1) is 8.79. The van der Waals surface area contributed by atoms with Crippen LogP contribution in [0.2, 0.25) is 0 Å². The first-order valence-electron chi connectivity index (χ1n) is 6.23. The lowest BCUT2D eigenvalue weighted by Crippen LogP contribution is -2.13. The van der Waals surface area contributed by atoms with Crippen molar-refractivity contribution in [3.8, 4) is 0 Å². The quantitative estimate of drug-likeness (QED) is 0.843. The fourth-order valence-electron chi connectivity index (χ4n) is 1.99. The van der Waals surface area contributed by atoms with E-state index >= 15 is 0 Å². The van der Waals surface area contributed by atoms with E-state index in [1.807, 2.05) is 18.2 Å². The summed E-state index contributed by atoms with van der Waals surface area (Å²) < 4.78 is 0. The maximum Gasteiger partial charge on any atom is 0.0681 e. The third kappa shape index (κ3) is 3.42. The second-order valence-corrected chi connectivity index (χ2v) is 4.51. The lowest BCUT2D eigenvalue weighted by atomic mass is 10.1. The summed E-state index contributed by atoms with van der Waals surface area (Å²) in [6.45, 7) is 3.92. The van der Waals surface area contributed by atoms with Crippen LogP contribution in [-0.4, -0.2) is 5.11 Å². The van der Waals surface area contributed by atoms with Crippen molar-refractivity contribution in [2.75, 3.05) is 0 Å². The van der Waals surface area contributed by atoms with Gasteiger partial charge in [-0.05, 0) is 29.2 Å². The van der Waals surface area contributed by atoms with Gasteiger partial charge in [-0.1, -0.05) is 48.5 Å². The highest BCUT2D eigenvalue weighted by molar-refractivity contribution is 5.26. The molecule has 0 atom stereocenters. The van der Waals surface area contributed by atoms with E-state index in [1.54, 1.807) is 0 Å². The van der Waals surface area contributed by atoms with E-state index in [0.717, 1.165) is 18.7 Å². The fourth-order valence-corrected chi connectivity index (χ4v) is 1.99. The molecule has 18 heavy (non-hydrogen) atoms. The molecule has 2 rings (SSSR count). The van der Waals surface area contributed by atoms with E-state index in [0.29, 0.717) is 0 Å². The minimum absolute atomic E-state index is 0.103. The molecule has 2 N–H and O–H groups in total. The smallest absolute Gasteiger partial charge is 0.0681 e. The molecule has 0 radical (unpaired) electrons. The molecule has 0 amide bonds. The van der Waals surface area contributed by atoms with Crippen molar-refractivity contribution in [2.45, 2.75) is 26.6 Å². The van der Waals surface area contributed by atoms with Gasteiger partial charge >= 0.3 is 0 Å². The van der Waals surface area contributed by atoms with Gasteiger partial charge in [-0.25, -0.2) is 0 Å². The van der Waals surface area contributed by atoms with Crippen LogP contribution in [-0.2, 0) is 19.7 Å². The second-order valence-electron chi connectivity index (χ2n) is 4.51. The minimum atomic E-state index is 0.103. The minimum Gasteiger partial charge on any atom is -0.392 e. The zero-order chi connectivity index (χ0) is 12.8. The third-order valence-electron chi connectivity index (χ3n) is 3.08. The average Bonchev–Trinajstić information content (AvgIpc) is 2.41. The molecule has 94 valence electrons. The van der Waals surface area contributed by atoms with Crippen molar-refractivity contribution in [3.05, 3.63) is 70.8 Å².